The van der Waals surface area contributed by atoms with Crippen LogP contribution in [-0.4, -0.2) is 67.5 Å². The molecule has 8 heteroatoms. The van der Waals surface area contributed by atoms with Crippen LogP contribution in [0.1, 0.15) is 58.4 Å². The Morgan fingerprint density at radius 1 is 1.33 bits per heavy atom. The van der Waals surface area contributed by atoms with Crippen LogP contribution in [0.15, 0.2) is 23.1 Å². The fourth-order valence-electron chi connectivity index (χ4n) is 4.43. The largest absolute Gasteiger partial charge is 0.487 e. The van der Waals surface area contributed by atoms with Crippen molar-refractivity contribution in [3.8, 4) is 17.6 Å². The maximum absolute atomic E-state index is 13.5. The Balaban J connectivity index is 1.98. The van der Waals surface area contributed by atoms with Crippen molar-refractivity contribution in [2.45, 2.75) is 69.9 Å². The Morgan fingerprint density at radius 3 is 2.67 bits per heavy atom. The summed E-state index contributed by atoms with van der Waals surface area (Å²) in [5.74, 6) is 7.02. The number of ether oxygens (including phenoxy) is 1. The lowest BCUT2D eigenvalue weighted by Gasteiger charge is -2.37. The molecule has 0 aromatic heterocycles. The van der Waals surface area contributed by atoms with E-state index in [1.807, 2.05) is 6.92 Å². The number of hydrogen-bond acceptors (Lipinski definition) is 5. The van der Waals surface area contributed by atoms with Gasteiger partial charge >= 0.3 is 0 Å². The molecule has 2 aliphatic rings. The Kier molecular flexibility index (Phi) is 8.43. The van der Waals surface area contributed by atoms with Gasteiger partial charge in [-0.2, -0.15) is 4.31 Å². The van der Waals surface area contributed by atoms with E-state index in [0.29, 0.717) is 18.0 Å². The van der Waals surface area contributed by atoms with Crippen LogP contribution in [0.3, 0.4) is 0 Å². The molecule has 182 valence electrons. The third-order valence-corrected chi connectivity index (χ3v) is 8.78. The van der Waals surface area contributed by atoms with E-state index in [-0.39, 0.29) is 35.6 Å². The molecule has 0 bridgehead atoms. The first-order valence-electron chi connectivity index (χ1n) is 11.8. The van der Waals surface area contributed by atoms with Crippen molar-refractivity contribution >= 4 is 15.9 Å². The first-order valence-corrected chi connectivity index (χ1v) is 13.2. The van der Waals surface area contributed by atoms with Gasteiger partial charge in [-0.05, 0) is 43.9 Å². The van der Waals surface area contributed by atoms with Gasteiger partial charge in [0.1, 0.15) is 16.7 Å². The molecular formula is C25H36N2O5S. The maximum atomic E-state index is 13.5. The van der Waals surface area contributed by atoms with Crippen LogP contribution in [0.4, 0.5) is 0 Å². The van der Waals surface area contributed by atoms with Gasteiger partial charge in [-0.1, -0.05) is 31.6 Å². The summed E-state index contributed by atoms with van der Waals surface area (Å²) in [4.78, 5) is 13.5. The van der Waals surface area contributed by atoms with Crippen LogP contribution in [-0.2, 0) is 14.8 Å². The monoisotopic (exact) mass is 476 g/mol. The van der Waals surface area contributed by atoms with Gasteiger partial charge in [0, 0.05) is 44.5 Å². The number of nitrogens with zero attached hydrogens (tertiary/aromatic N) is 2. The summed E-state index contributed by atoms with van der Waals surface area (Å²) < 4.78 is 34.6. The minimum atomic E-state index is -3.89. The second-order valence-corrected chi connectivity index (χ2v) is 11.3. The van der Waals surface area contributed by atoms with Crippen molar-refractivity contribution in [1.29, 1.82) is 0 Å². The number of hydrogen-bond donors (Lipinski definition) is 1. The minimum absolute atomic E-state index is 0.0616. The van der Waals surface area contributed by atoms with Crippen LogP contribution >= 0.6 is 0 Å². The smallest absolute Gasteiger partial charge is 0.247 e. The van der Waals surface area contributed by atoms with Crippen molar-refractivity contribution in [2.24, 2.45) is 11.8 Å². The molecular weight excluding hydrogens is 440 g/mol. The summed E-state index contributed by atoms with van der Waals surface area (Å²) in [7, 11) is -2.18. The second kappa shape index (κ2) is 10.9. The Hall–Kier alpha value is -2.08. The zero-order chi connectivity index (χ0) is 24.2. The van der Waals surface area contributed by atoms with Crippen LogP contribution in [0.2, 0.25) is 0 Å². The third-order valence-electron chi connectivity index (χ3n) is 6.76. The van der Waals surface area contributed by atoms with E-state index in [2.05, 4.69) is 11.8 Å². The predicted molar refractivity (Wildman–Crippen MR) is 127 cm³/mol. The lowest BCUT2D eigenvalue weighted by molar-refractivity contribution is -0.129. The van der Waals surface area contributed by atoms with E-state index in [0.717, 1.165) is 6.42 Å². The molecule has 0 spiro atoms. The molecule has 0 saturated heterocycles. The van der Waals surface area contributed by atoms with Crippen molar-refractivity contribution in [1.82, 2.24) is 9.21 Å². The number of rotatable bonds is 5. The van der Waals surface area contributed by atoms with Crippen LogP contribution in [0.5, 0.6) is 5.75 Å². The summed E-state index contributed by atoms with van der Waals surface area (Å²) in [6.07, 6.45) is 5.43. The number of amides is 1. The highest BCUT2D eigenvalue weighted by molar-refractivity contribution is 7.89. The maximum Gasteiger partial charge on any atom is 0.247 e. The van der Waals surface area contributed by atoms with Gasteiger partial charge in [0.2, 0.25) is 15.9 Å². The van der Waals surface area contributed by atoms with Crippen molar-refractivity contribution in [3.05, 3.63) is 23.8 Å². The summed E-state index contributed by atoms with van der Waals surface area (Å²) in [6.45, 7) is 5.31. The zero-order valence-corrected chi connectivity index (χ0v) is 20.9. The van der Waals surface area contributed by atoms with Gasteiger partial charge in [-0.3, -0.25) is 4.79 Å². The number of carbonyl (C=O) groups excluding carboxylic acids is 1. The topological polar surface area (TPSA) is 87.2 Å². The molecule has 1 N–H and O–H groups in total. The average Bonchev–Trinajstić information content (AvgIpc) is 3.29. The molecule has 1 amide bonds. The standard InChI is InChI=1S/C25H36N2O5S/c1-18-15-27(19(2)17-28)33(30,31)25-13-12-22(11-7-10-21-8-5-6-9-21)14-23(25)32-24(18)16-26(4)20(3)29/h12-14,18-19,21,24,28H,5-6,8-10,15-17H2,1-4H3/t18-,19+,24-/m0/s1. The second-order valence-electron chi connectivity index (χ2n) is 9.46. The molecule has 33 heavy (non-hydrogen) atoms. The van der Waals surface area contributed by atoms with Crippen molar-refractivity contribution in [2.75, 3.05) is 26.7 Å². The highest BCUT2D eigenvalue weighted by atomic mass is 32.2. The first kappa shape index (κ1) is 25.5. The quantitative estimate of drug-likeness (QED) is 0.661. The lowest BCUT2D eigenvalue weighted by Crippen LogP contribution is -2.50. The van der Waals surface area contributed by atoms with Gasteiger partial charge in [-0.15, -0.1) is 0 Å². The first-order chi connectivity index (χ1) is 15.6. The number of aliphatic hydroxyl groups excluding tert-OH is 1. The fraction of sp³-hybridized carbons (Fsp3) is 0.640. The molecule has 3 atom stereocenters. The SMILES string of the molecule is CC(=O)N(C)C[C@@H]1Oc2cc(C#CCC3CCCC3)ccc2S(=O)(=O)N([C@H](C)CO)C[C@@H]1C. The van der Waals surface area contributed by atoms with E-state index in [4.69, 9.17) is 4.74 Å². The molecule has 0 radical (unpaired) electrons. The highest BCUT2D eigenvalue weighted by Crippen LogP contribution is 2.34. The average molecular weight is 477 g/mol. The molecule has 1 aliphatic heterocycles. The molecule has 1 aromatic rings. The molecule has 1 heterocycles. The van der Waals surface area contributed by atoms with E-state index < -0.39 is 22.2 Å². The minimum Gasteiger partial charge on any atom is -0.487 e. The lowest BCUT2D eigenvalue weighted by atomic mass is 10.0. The summed E-state index contributed by atoms with van der Waals surface area (Å²) in [5, 5.41) is 9.72. The van der Waals surface area contributed by atoms with Crippen molar-refractivity contribution < 1.29 is 23.1 Å². The van der Waals surface area contributed by atoms with Gasteiger partial charge in [0.05, 0.1) is 13.2 Å². The molecule has 1 fully saturated rings. The summed E-state index contributed by atoms with van der Waals surface area (Å²) in [5.41, 5.74) is 0.704. The van der Waals surface area contributed by atoms with E-state index in [1.165, 1.54) is 36.9 Å². The van der Waals surface area contributed by atoms with E-state index >= 15 is 0 Å². The van der Waals surface area contributed by atoms with E-state index in [9.17, 15) is 18.3 Å². The zero-order valence-electron chi connectivity index (χ0n) is 20.1. The van der Waals surface area contributed by atoms with Gasteiger partial charge in [-0.25, -0.2) is 8.42 Å². The summed E-state index contributed by atoms with van der Waals surface area (Å²) in [6, 6.07) is 4.36. The van der Waals surface area contributed by atoms with Gasteiger partial charge < -0.3 is 14.7 Å². The summed E-state index contributed by atoms with van der Waals surface area (Å²) >= 11 is 0. The van der Waals surface area contributed by atoms with Gasteiger partial charge in [0.25, 0.3) is 0 Å². The Morgan fingerprint density at radius 2 is 2.03 bits per heavy atom. The molecule has 1 aromatic carbocycles. The number of aliphatic hydroxyl groups is 1. The number of benzene rings is 1. The number of carbonyl (C=O) groups is 1. The molecule has 3 rings (SSSR count). The Bertz CT molecular complexity index is 1010. The molecule has 0 unspecified atom stereocenters. The van der Waals surface area contributed by atoms with Crippen LogP contribution < -0.4 is 4.74 Å². The number of likely N-dealkylation sites (N-methyl/N-ethyl adjacent to an activating group) is 1. The normalized spacial score (nSPS) is 23.9. The fourth-order valence-corrected chi connectivity index (χ4v) is 6.26. The Labute approximate surface area is 198 Å². The molecule has 7 nitrogen and oxygen atoms in total. The number of sulfonamides is 1. The van der Waals surface area contributed by atoms with Crippen LogP contribution in [0, 0.1) is 23.7 Å². The third kappa shape index (κ3) is 6.08. The molecule has 1 saturated carbocycles. The highest BCUT2D eigenvalue weighted by Gasteiger charge is 2.38. The van der Waals surface area contributed by atoms with E-state index in [1.54, 1.807) is 37.1 Å². The van der Waals surface area contributed by atoms with Crippen LogP contribution in [0.25, 0.3) is 0 Å². The molecule has 1 aliphatic carbocycles. The van der Waals surface area contributed by atoms with Crippen molar-refractivity contribution in [3.63, 3.8) is 0 Å². The van der Waals surface area contributed by atoms with Gasteiger partial charge in [0.15, 0.2) is 0 Å². The predicted octanol–water partition coefficient (Wildman–Crippen LogP) is 2.87. The number of fused-ring (bicyclic) bond motifs is 1.